The molecule has 1 saturated carbocycles. The molecule has 1 aliphatic rings. The Balaban J connectivity index is 2.02. The van der Waals surface area contributed by atoms with E-state index in [1.54, 1.807) is 0 Å². The molecule has 18 heavy (non-hydrogen) atoms. The van der Waals surface area contributed by atoms with Crippen molar-refractivity contribution in [3.05, 3.63) is 35.4 Å². The van der Waals surface area contributed by atoms with E-state index in [0.717, 1.165) is 18.9 Å². The number of hydrogen-bond donors (Lipinski definition) is 1. The largest absolute Gasteiger partial charge is 0.313 e. The Hall–Kier alpha value is -0.820. The number of aryl methyl sites for hydroxylation is 1. The van der Waals surface area contributed by atoms with Crippen LogP contribution in [0.15, 0.2) is 24.3 Å². The Morgan fingerprint density at radius 3 is 2.33 bits per heavy atom. The quantitative estimate of drug-likeness (QED) is 0.822. The zero-order valence-electron chi connectivity index (χ0n) is 12.3. The van der Waals surface area contributed by atoms with Gasteiger partial charge in [-0.2, -0.15) is 0 Å². The Morgan fingerprint density at radius 1 is 1.17 bits per heavy atom. The maximum absolute atomic E-state index is 3.68. The van der Waals surface area contributed by atoms with E-state index in [1.807, 2.05) is 0 Å². The molecule has 0 saturated heterocycles. The minimum atomic E-state index is 0.392. The summed E-state index contributed by atoms with van der Waals surface area (Å²) in [6.07, 6.45) is 3.65. The van der Waals surface area contributed by atoms with Crippen molar-refractivity contribution < 1.29 is 0 Å². The van der Waals surface area contributed by atoms with Gasteiger partial charge in [0.15, 0.2) is 0 Å². The summed E-state index contributed by atoms with van der Waals surface area (Å²) in [6.45, 7) is 10.4. The third kappa shape index (κ3) is 2.47. The second-order valence-electron chi connectivity index (χ2n) is 6.21. The van der Waals surface area contributed by atoms with E-state index in [0.29, 0.717) is 11.5 Å². The predicted octanol–water partition coefficient (Wildman–Crippen LogP) is 4.13. The molecule has 1 aliphatic carbocycles. The van der Waals surface area contributed by atoms with Crippen LogP contribution in [0.4, 0.5) is 0 Å². The molecule has 1 aromatic carbocycles. The van der Waals surface area contributed by atoms with Gasteiger partial charge in [0.1, 0.15) is 0 Å². The Labute approximate surface area is 112 Å². The summed E-state index contributed by atoms with van der Waals surface area (Å²) in [4.78, 5) is 0. The Morgan fingerprint density at radius 2 is 1.83 bits per heavy atom. The highest BCUT2D eigenvalue weighted by atomic mass is 15.0. The summed E-state index contributed by atoms with van der Waals surface area (Å²) < 4.78 is 0. The van der Waals surface area contributed by atoms with E-state index in [-0.39, 0.29) is 0 Å². The molecule has 1 fully saturated rings. The first-order chi connectivity index (χ1) is 8.59. The van der Waals surface area contributed by atoms with E-state index in [9.17, 15) is 0 Å². The molecule has 100 valence electrons. The van der Waals surface area contributed by atoms with E-state index >= 15 is 0 Å². The standard InChI is InChI=1S/C17H27N/c1-5-11-18-16-12-15(17(16,3)4)14-9-7-13(6-2)8-10-14/h7-10,15-16,18H,5-6,11-12H2,1-4H3. The van der Waals surface area contributed by atoms with Gasteiger partial charge >= 0.3 is 0 Å². The van der Waals surface area contributed by atoms with Crippen LogP contribution >= 0.6 is 0 Å². The zero-order valence-corrected chi connectivity index (χ0v) is 12.3. The summed E-state index contributed by atoms with van der Waals surface area (Å²) in [6, 6.07) is 9.94. The van der Waals surface area contributed by atoms with Crippen molar-refractivity contribution in [1.82, 2.24) is 5.32 Å². The first kappa shape index (κ1) is 13.6. The Bertz CT molecular complexity index is 377. The fourth-order valence-corrected chi connectivity index (χ4v) is 3.14. The van der Waals surface area contributed by atoms with Crippen molar-refractivity contribution in [3.8, 4) is 0 Å². The number of benzene rings is 1. The van der Waals surface area contributed by atoms with Crippen LogP contribution < -0.4 is 5.32 Å². The lowest BCUT2D eigenvalue weighted by Gasteiger charge is -2.53. The van der Waals surface area contributed by atoms with Crippen LogP contribution in [0.5, 0.6) is 0 Å². The van der Waals surface area contributed by atoms with Gasteiger partial charge in [-0.3, -0.25) is 0 Å². The van der Waals surface area contributed by atoms with Gasteiger partial charge in [0.05, 0.1) is 0 Å². The average molecular weight is 245 g/mol. The average Bonchev–Trinajstić information content (AvgIpc) is 2.38. The lowest BCUT2D eigenvalue weighted by atomic mass is 9.56. The van der Waals surface area contributed by atoms with E-state index in [2.05, 4.69) is 57.3 Å². The molecule has 0 aliphatic heterocycles. The number of rotatable bonds is 5. The molecule has 2 unspecified atom stereocenters. The smallest absolute Gasteiger partial charge is 0.0130 e. The highest BCUT2D eigenvalue weighted by Crippen LogP contribution is 2.52. The third-order valence-electron chi connectivity index (χ3n) is 4.70. The lowest BCUT2D eigenvalue weighted by molar-refractivity contribution is 0.0695. The van der Waals surface area contributed by atoms with Crippen LogP contribution in [0.1, 0.15) is 57.6 Å². The molecule has 0 amide bonds. The zero-order chi connectivity index (χ0) is 13.2. The molecule has 1 aromatic rings. The van der Waals surface area contributed by atoms with Crippen LogP contribution in [0.3, 0.4) is 0 Å². The van der Waals surface area contributed by atoms with Gasteiger partial charge in [-0.25, -0.2) is 0 Å². The fourth-order valence-electron chi connectivity index (χ4n) is 3.14. The molecule has 0 spiro atoms. The van der Waals surface area contributed by atoms with E-state index in [1.165, 1.54) is 24.0 Å². The molecule has 0 bridgehead atoms. The van der Waals surface area contributed by atoms with Gasteiger partial charge in [-0.1, -0.05) is 52.0 Å². The highest BCUT2D eigenvalue weighted by molar-refractivity contribution is 5.30. The molecule has 1 heteroatoms. The molecule has 0 radical (unpaired) electrons. The molecule has 1 nitrogen and oxygen atoms in total. The van der Waals surface area contributed by atoms with Crippen molar-refractivity contribution in [2.75, 3.05) is 6.54 Å². The normalized spacial score (nSPS) is 25.8. The lowest BCUT2D eigenvalue weighted by Crippen LogP contribution is -2.55. The van der Waals surface area contributed by atoms with E-state index in [4.69, 9.17) is 0 Å². The summed E-state index contributed by atoms with van der Waals surface area (Å²) in [5, 5.41) is 3.68. The molecule has 1 N–H and O–H groups in total. The summed E-state index contributed by atoms with van der Waals surface area (Å²) in [5.74, 6) is 0.720. The maximum Gasteiger partial charge on any atom is 0.0130 e. The summed E-state index contributed by atoms with van der Waals surface area (Å²) in [5.41, 5.74) is 3.35. The third-order valence-corrected chi connectivity index (χ3v) is 4.70. The van der Waals surface area contributed by atoms with E-state index < -0.39 is 0 Å². The van der Waals surface area contributed by atoms with Crippen LogP contribution in [0, 0.1) is 5.41 Å². The first-order valence-electron chi connectivity index (χ1n) is 7.41. The van der Waals surface area contributed by atoms with Crippen molar-refractivity contribution >= 4 is 0 Å². The minimum absolute atomic E-state index is 0.392. The second-order valence-corrected chi connectivity index (χ2v) is 6.21. The molecule has 0 aromatic heterocycles. The first-order valence-corrected chi connectivity index (χ1v) is 7.41. The monoisotopic (exact) mass is 245 g/mol. The highest BCUT2D eigenvalue weighted by Gasteiger charge is 2.47. The second kappa shape index (κ2) is 5.44. The molecule has 0 heterocycles. The maximum atomic E-state index is 3.68. The van der Waals surface area contributed by atoms with Gasteiger partial charge in [-0.15, -0.1) is 0 Å². The van der Waals surface area contributed by atoms with Crippen LogP contribution in [0.2, 0.25) is 0 Å². The Kier molecular flexibility index (Phi) is 4.11. The fraction of sp³-hybridized carbons (Fsp3) is 0.647. The van der Waals surface area contributed by atoms with Gasteiger partial charge in [0, 0.05) is 6.04 Å². The molecular weight excluding hydrogens is 218 g/mol. The van der Waals surface area contributed by atoms with Crippen molar-refractivity contribution in [2.24, 2.45) is 5.41 Å². The minimum Gasteiger partial charge on any atom is -0.313 e. The van der Waals surface area contributed by atoms with Crippen LogP contribution in [-0.2, 0) is 6.42 Å². The van der Waals surface area contributed by atoms with Crippen molar-refractivity contribution in [2.45, 2.75) is 58.9 Å². The van der Waals surface area contributed by atoms with Crippen LogP contribution in [-0.4, -0.2) is 12.6 Å². The van der Waals surface area contributed by atoms with Crippen LogP contribution in [0.25, 0.3) is 0 Å². The number of nitrogens with one attached hydrogen (secondary N) is 1. The van der Waals surface area contributed by atoms with Crippen molar-refractivity contribution in [3.63, 3.8) is 0 Å². The number of hydrogen-bond acceptors (Lipinski definition) is 1. The summed E-state index contributed by atoms with van der Waals surface area (Å²) in [7, 11) is 0. The van der Waals surface area contributed by atoms with Gasteiger partial charge < -0.3 is 5.32 Å². The summed E-state index contributed by atoms with van der Waals surface area (Å²) >= 11 is 0. The molecule has 2 rings (SSSR count). The topological polar surface area (TPSA) is 12.0 Å². The molecular formula is C17H27N. The van der Waals surface area contributed by atoms with Gasteiger partial charge in [0.2, 0.25) is 0 Å². The van der Waals surface area contributed by atoms with Gasteiger partial charge in [-0.05, 0) is 48.3 Å². The predicted molar refractivity (Wildman–Crippen MR) is 79.0 cm³/mol. The molecule has 2 atom stereocenters. The van der Waals surface area contributed by atoms with Gasteiger partial charge in [0.25, 0.3) is 0 Å². The SMILES string of the molecule is CCCNC1CC(c2ccc(CC)cc2)C1(C)C. The van der Waals surface area contributed by atoms with Crippen molar-refractivity contribution in [1.29, 1.82) is 0 Å².